The van der Waals surface area contributed by atoms with Gasteiger partial charge in [-0.05, 0) is 0 Å². The minimum atomic E-state index is -1.59. The third-order valence-electron chi connectivity index (χ3n) is 4.00. The molecule has 0 aromatic heterocycles. The molecular formula is C13H22AcNO7-. The van der Waals surface area contributed by atoms with Crippen molar-refractivity contribution >= 4 is 5.97 Å². The Hall–Kier alpha value is 0.672. The van der Waals surface area contributed by atoms with Crippen LogP contribution in [0.2, 0.25) is 0 Å². The van der Waals surface area contributed by atoms with Crippen molar-refractivity contribution in [1.29, 1.82) is 0 Å². The molecule has 22 heavy (non-hydrogen) atoms. The van der Waals surface area contributed by atoms with Crippen molar-refractivity contribution < 1.29 is 77.3 Å². The van der Waals surface area contributed by atoms with Crippen LogP contribution in [-0.4, -0.2) is 77.3 Å². The molecule has 0 aromatic carbocycles. The van der Waals surface area contributed by atoms with Gasteiger partial charge in [-0.1, -0.05) is 6.04 Å². The Bertz CT molecular complexity index is 381. The zero-order chi connectivity index (χ0) is 15.6. The minimum Gasteiger partial charge on any atom is -0.670 e. The predicted molar refractivity (Wildman–Crippen MR) is 70.7 cm³/mol. The van der Waals surface area contributed by atoms with Gasteiger partial charge in [0, 0.05) is 77.9 Å². The molecule has 2 saturated heterocycles. The van der Waals surface area contributed by atoms with Crippen LogP contribution < -0.4 is 0 Å². The third kappa shape index (κ3) is 4.01. The second-order valence-corrected chi connectivity index (χ2v) is 5.11. The SMILES string of the molecule is COC(=O)C1(OC)CC(OC)C([NH-])C(C(OC)C2CO2)O1.[Ac]. The quantitative estimate of drug-likeness (QED) is 0.355. The summed E-state index contributed by atoms with van der Waals surface area (Å²) in [5.41, 5.74) is 8.30. The molecule has 2 rings (SSSR count). The van der Waals surface area contributed by atoms with Gasteiger partial charge in [-0.15, -0.1) is 0 Å². The summed E-state index contributed by atoms with van der Waals surface area (Å²) in [5, 5.41) is 0. The van der Waals surface area contributed by atoms with Crippen LogP contribution in [0.15, 0.2) is 0 Å². The van der Waals surface area contributed by atoms with Gasteiger partial charge >= 0.3 is 5.97 Å². The molecule has 0 aliphatic carbocycles. The van der Waals surface area contributed by atoms with E-state index in [9.17, 15) is 4.79 Å². The van der Waals surface area contributed by atoms with Gasteiger partial charge in [0.1, 0.15) is 12.2 Å². The monoisotopic (exact) mass is 531 g/mol. The molecule has 0 bridgehead atoms. The van der Waals surface area contributed by atoms with Gasteiger partial charge in [0.25, 0.3) is 5.79 Å². The first-order valence-electron chi connectivity index (χ1n) is 6.72. The smallest absolute Gasteiger partial charge is 0.366 e. The molecule has 6 unspecified atom stereocenters. The molecular weight excluding hydrogens is 509 g/mol. The van der Waals surface area contributed by atoms with Crippen LogP contribution in [-0.2, 0) is 33.2 Å². The zero-order valence-electron chi connectivity index (χ0n) is 13.2. The van der Waals surface area contributed by atoms with Gasteiger partial charge in [0.2, 0.25) is 0 Å². The van der Waals surface area contributed by atoms with E-state index in [1.165, 1.54) is 28.4 Å². The van der Waals surface area contributed by atoms with Crippen LogP contribution in [0.5, 0.6) is 0 Å². The molecule has 9 heteroatoms. The first kappa shape index (κ1) is 20.7. The van der Waals surface area contributed by atoms with Crippen molar-refractivity contribution in [2.75, 3.05) is 35.0 Å². The maximum absolute atomic E-state index is 12.1. The topological polar surface area (TPSA) is 99.6 Å². The Labute approximate surface area is 165 Å². The van der Waals surface area contributed by atoms with Gasteiger partial charge < -0.3 is 34.2 Å². The Balaban J connectivity index is 0.00000242. The number of rotatable bonds is 6. The summed E-state index contributed by atoms with van der Waals surface area (Å²) in [6.45, 7) is 0.543. The average molecular weight is 531 g/mol. The number of hydrogen-bond acceptors (Lipinski definition) is 7. The zero-order valence-corrected chi connectivity index (χ0v) is 18.0. The van der Waals surface area contributed by atoms with E-state index in [4.69, 9.17) is 34.2 Å². The number of carbonyl (C=O) groups excluding carboxylic acids is 1. The molecule has 8 nitrogen and oxygen atoms in total. The van der Waals surface area contributed by atoms with Gasteiger partial charge in [-0.3, -0.25) is 0 Å². The van der Waals surface area contributed by atoms with Gasteiger partial charge in [-0.25, -0.2) is 4.79 Å². The second-order valence-electron chi connectivity index (χ2n) is 5.11. The molecule has 0 aromatic rings. The number of nitrogens with one attached hydrogen (secondary N) is 1. The second kappa shape index (κ2) is 8.68. The standard InChI is InChI=1S/C13H22NO7.Ac/c1-16-7-5-13(19-4,12(15)18-3)21-11(9(7)14)10(17-2)8-6-20-8;/h7-11,14H,5-6H2,1-4H3;/q-1;. The third-order valence-corrected chi connectivity index (χ3v) is 4.00. The van der Waals surface area contributed by atoms with Gasteiger partial charge in [-0.2, -0.15) is 0 Å². The van der Waals surface area contributed by atoms with Crippen LogP contribution in [0.1, 0.15) is 6.42 Å². The normalized spacial score (nSPS) is 38.8. The molecule has 2 heterocycles. The van der Waals surface area contributed by atoms with Crippen molar-refractivity contribution in [3.63, 3.8) is 0 Å². The summed E-state index contributed by atoms with van der Waals surface area (Å²) in [4.78, 5) is 12.1. The molecule has 6 atom stereocenters. The molecule has 0 amide bonds. The molecule has 0 saturated carbocycles. The van der Waals surface area contributed by atoms with Gasteiger partial charge in [0.15, 0.2) is 0 Å². The van der Waals surface area contributed by atoms with E-state index >= 15 is 0 Å². The van der Waals surface area contributed by atoms with Crippen LogP contribution >= 0.6 is 0 Å². The largest absolute Gasteiger partial charge is 0.670 e. The maximum atomic E-state index is 12.1. The molecule has 2 fully saturated rings. The van der Waals surface area contributed by atoms with Crippen LogP contribution in [0, 0.1) is 44.1 Å². The first-order valence-corrected chi connectivity index (χ1v) is 6.72. The number of ether oxygens (including phenoxy) is 6. The Morgan fingerprint density at radius 1 is 1.32 bits per heavy atom. The Morgan fingerprint density at radius 2 is 1.95 bits per heavy atom. The average Bonchev–Trinajstić information content (AvgIpc) is 3.33. The van der Waals surface area contributed by atoms with E-state index in [-0.39, 0.29) is 56.6 Å². The van der Waals surface area contributed by atoms with Crippen LogP contribution in [0.3, 0.4) is 0 Å². The molecule has 0 spiro atoms. The number of epoxide rings is 1. The van der Waals surface area contributed by atoms with Crippen molar-refractivity contribution in [3.05, 3.63) is 5.73 Å². The molecule has 2 aliphatic rings. The molecule has 2 aliphatic heterocycles. The maximum Gasteiger partial charge on any atom is 0.366 e. The van der Waals surface area contributed by atoms with Crippen LogP contribution in [0.25, 0.3) is 5.73 Å². The van der Waals surface area contributed by atoms with Crippen molar-refractivity contribution in [2.45, 2.75) is 42.7 Å². The van der Waals surface area contributed by atoms with E-state index < -0.39 is 36.1 Å². The Morgan fingerprint density at radius 3 is 2.36 bits per heavy atom. The first-order chi connectivity index (χ1) is 10.0. The van der Waals surface area contributed by atoms with Gasteiger partial charge in [0.05, 0.1) is 19.8 Å². The molecule has 125 valence electrons. The van der Waals surface area contributed by atoms with E-state index in [0.29, 0.717) is 6.61 Å². The molecule has 1 N–H and O–H groups in total. The van der Waals surface area contributed by atoms with E-state index in [1.807, 2.05) is 0 Å². The number of hydrogen-bond donors (Lipinski definition) is 0. The van der Waals surface area contributed by atoms with Crippen molar-refractivity contribution in [2.24, 2.45) is 0 Å². The Kier molecular flexibility index (Phi) is 8.17. The fourth-order valence-electron chi connectivity index (χ4n) is 2.69. The number of carbonyl (C=O) groups is 1. The minimum absolute atomic E-state index is 0. The summed E-state index contributed by atoms with van der Waals surface area (Å²) < 4.78 is 31.8. The number of methoxy groups -OCH3 is 4. The van der Waals surface area contributed by atoms with E-state index in [2.05, 4.69) is 0 Å². The predicted octanol–water partition coefficient (Wildman–Crippen LogP) is 0.141. The fourth-order valence-corrected chi connectivity index (χ4v) is 2.69. The van der Waals surface area contributed by atoms with Crippen molar-refractivity contribution in [1.82, 2.24) is 0 Å². The summed E-state index contributed by atoms with van der Waals surface area (Å²) in [7, 11) is 5.63. The van der Waals surface area contributed by atoms with E-state index in [0.717, 1.165) is 0 Å². The summed E-state index contributed by atoms with van der Waals surface area (Å²) in [6.07, 6.45) is -1.79. The summed E-state index contributed by atoms with van der Waals surface area (Å²) in [5.74, 6) is -2.25. The summed E-state index contributed by atoms with van der Waals surface area (Å²) >= 11 is 0. The van der Waals surface area contributed by atoms with E-state index in [1.54, 1.807) is 0 Å². The number of esters is 1. The summed E-state index contributed by atoms with van der Waals surface area (Å²) in [6, 6.07) is -0.725. The molecule has 1 radical (unpaired) electrons. The van der Waals surface area contributed by atoms with Crippen molar-refractivity contribution in [3.8, 4) is 0 Å². The van der Waals surface area contributed by atoms with Crippen LogP contribution in [0.4, 0.5) is 0 Å². The fraction of sp³-hybridized carbons (Fsp3) is 0.923.